The molecule has 124 valence electrons. The van der Waals surface area contributed by atoms with E-state index in [4.69, 9.17) is 23.1 Å². The molecule has 0 heterocycles. The van der Waals surface area contributed by atoms with Gasteiger partial charge in [0.1, 0.15) is 0 Å². The number of carboxylic acids is 1. The molecule has 0 aromatic heterocycles. The third-order valence-electron chi connectivity index (χ3n) is 2.99. The Labute approximate surface area is 126 Å². The summed E-state index contributed by atoms with van der Waals surface area (Å²) in [5.74, 6) is -3.12. The zero-order valence-corrected chi connectivity index (χ0v) is 14.0. The predicted molar refractivity (Wildman–Crippen MR) is 76.8 cm³/mol. The topological polar surface area (TPSA) is 103 Å². The third-order valence-corrected chi connectivity index (χ3v) is 5.82. The number of esters is 1. The lowest BCUT2D eigenvalue weighted by Gasteiger charge is -2.24. The Morgan fingerprint density at radius 3 is 2.19 bits per heavy atom. The summed E-state index contributed by atoms with van der Waals surface area (Å²) in [7, 11) is 2.01. The summed E-state index contributed by atoms with van der Waals surface area (Å²) in [4.78, 5) is 22.4. The molecule has 0 aliphatic carbocycles. The number of nitrogens with one attached hydrogen (secondary N) is 1. The maximum atomic E-state index is 11.5. The van der Waals surface area contributed by atoms with Gasteiger partial charge in [-0.15, -0.1) is 0 Å². The molecular formula is C12H25NO7Si. The Hall–Kier alpha value is -1.00. The molecule has 0 saturated heterocycles. The summed E-state index contributed by atoms with van der Waals surface area (Å²) < 4.78 is 20.5. The Kier molecular flexibility index (Phi) is 10.2. The molecule has 0 rings (SSSR count). The van der Waals surface area contributed by atoms with Crippen LogP contribution in [0.15, 0.2) is 0 Å². The lowest BCUT2D eigenvalue weighted by Crippen LogP contribution is -2.43. The highest BCUT2D eigenvalue weighted by molar-refractivity contribution is 6.60. The van der Waals surface area contributed by atoms with Crippen LogP contribution < -0.4 is 5.32 Å². The maximum absolute atomic E-state index is 11.5. The van der Waals surface area contributed by atoms with Gasteiger partial charge in [0.05, 0.1) is 6.61 Å². The van der Waals surface area contributed by atoms with E-state index in [0.717, 1.165) is 0 Å². The lowest BCUT2D eigenvalue weighted by molar-refractivity contribution is -0.158. The van der Waals surface area contributed by atoms with Gasteiger partial charge in [0.2, 0.25) is 0 Å². The van der Waals surface area contributed by atoms with Crippen molar-refractivity contribution in [3.8, 4) is 0 Å². The number of hydrogen-bond donors (Lipinski definition) is 2. The van der Waals surface area contributed by atoms with E-state index in [1.165, 1.54) is 21.3 Å². The van der Waals surface area contributed by atoms with Crippen LogP contribution in [0, 0.1) is 5.92 Å². The monoisotopic (exact) mass is 323 g/mol. The summed E-state index contributed by atoms with van der Waals surface area (Å²) in [6.45, 7) is 2.34. The normalized spacial score (nSPS) is 13.0. The maximum Gasteiger partial charge on any atom is 0.500 e. The first-order valence-electron chi connectivity index (χ1n) is 6.72. The molecule has 0 aromatic carbocycles. The molecule has 0 aliphatic heterocycles. The number of carboxylic acid groups (broad SMARTS) is 1. The van der Waals surface area contributed by atoms with E-state index in [0.29, 0.717) is 19.0 Å². The molecule has 2 N–H and O–H groups in total. The summed E-state index contributed by atoms with van der Waals surface area (Å²) in [5, 5.41) is 11.9. The number of carbonyl (C=O) groups excluding carboxylic acids is 1. The molecule has 0 aliphatic rings. The van der Waals surface area contributed by atoms with Gasteiger partial charge < -0.3 is 28.4 Å². The van der Waals surface area contributed by atoms with Crippen LogP contribution in [0.25, 0.3) is 0 Å². The molecule has 0 aromatic rings. The quantitative estimate of drug-likeness (QED) is 0.226. The predicted octanol–water partition coefficient (Wildman–Crippen LogP) is 0.108. The van der Waals surface area contributed by atoms with Crippen LogP contribution >= 0.6 is 0 Å². The molecule has 0 fully saturated rings. The van der Waals surface area contributed by atoms with Crippen molar-refractivity contribution >= 4 is 20.7 Å². The van der Waals surface area contributed by atoms with E-state index in [2.05, 4.69) is 5.32 Å². The standard InChI is InChI=1S/C12H25NO7Si/c1-5-20-12(16)10(11(14)15)9-13-7-6-8-21(17-2,18-3)19-4/h10,13H,5-9H2,1-4H3,(H,14,15). The first kappa shape index (κ1) is 20.0. The second-order valence-electron chi connectivity index (χ2n) is 4.25. The van der Waals surface area contributed by atoms with Crippen molar-refractivity contribution < 1.29 is 32.7 Å². The first-order valence-corrected chi connectivity index (χ1v) is 8.65. The van der Waals surface area contributed by atoms with Gasteiger partial charge in [0.15, 0.2) is 5.92 Å². The largest absolute Gasteiger partial charge is 0.500 e. The van der Waals surface area contributed by atoms with Crippen molar-refractivity contribution in [2.75, 3.05) is 41.0 Å². The van der Waals surface area contributed by atoms with Crippen LogP contribution in [0.4, 0.5) is 0 Å². The SMILES string of the molecule is CCOC(=O)C(CNCCC[Si](OC)(OC)OC)C(=O)O. The second-order valence-corrected chi connectivity index (χ2v) is 7.34. The lowest BCUT2D eigenvalue weighted by atomic mass is 10.1. The summed E-state index contributed by atoms with van der Waals surface area (Å²) in [6, 6.07) is 0.598. The van der Waals surface area contributed by atoms with Gasteiger partial charge in [0.25, 0.3) is 0 Å². The van der Waals surface area contributed by atoms with E-state index in [1.54, 1.807) is 6.92 Å². The molecular weight excluding hydrogens is 298 g/mol. The number of rotatable bonds is 12. The number of aliphatic carboxylic acids is 1. The van der Waals surface area contributed by atoms with Crippen molar-refractivity contribution in [1.29, 1.82) is 0 Å². The molecule has 1 atom stereocenters. The van der Waals surface area contributed by atoms with Gasteiger partial charge >= 0.3 is 20.7 Å². The van der Waals surface area contributed by atoms with Gasteiger partial charge in [-0.1, -0.05) is 0 Å². The summed E-state index contributed by atoms with van der Waals surface area (Å²) >= 11 is 0. The van der Waals surface area contributed by atoms with E-state index >= 15 is 0 Å². The fraction of sp³-hybridized carbons (Fsp3) is 0.833. The fourth-order valence-electron chi connectivity index (χ4n) is 1.75. The van der Waals surface area contributed by atoms with Crippen molar-refractivity contribution in [3.05, 3.63) is 0 Å². The highest BCUT2D eigenvalue weighted by Gasteiger charge is 2.36. The highest BCUT2D eigenvalue weighted by Crippen LogP contribution is 2.14. The number of hydrogen-bond acceptors (Lipinski definition) is 7. The van der Waals surface area contributed by atoms with Crippen molar-refractivity contribution in [1.82, 2.24) is 5.32 Å². The van der Waals surface area contributed by atoms with Gasteiger partial charge in [-0.3, -0.25) is 9.59 Å². The van der Waals surface area contributed by atoms with Gasteiger partial charge in [-0.2, -0.15) is 0 Å². The molecule has 9 heteroatoms. The molecule has 21 heavy (non-hydrogen) atoms. The Balaban J connectivity index is 4.12. The zero-order valence-electron chi connectivity index (χ0n) is 13.0. The molecule has 1 unspecified atom stereocenters. The molecule has 8 nitrogen and oxygen atoms in total. The van der Waals surface area contributed by atoms with Crippen LogP contribution in [-0.2, 0) is 27.6 Å². The smallest absolute Gasteiger partial charge is 0.481 e. The van der Waals surface area contributed by atoms with Crippen LogP contribution in [0.2, 0.25) is 6.04 Å². The second kappa shape index (κ2) is 10.7. The van der Waals surface area contributed by atoms with Crippen LogP contribution in [-0.4, -0.2) is 66.9 Å². The third kappa shape index (κ3) is 7.00. The van der Waals surface area contributed by atoms with Gasteiger partial charge in [-0.25, -0.2) is 0 Å². The summed E-state index contributed by atoms with van der Waals surface area (Å²) in [6.07, 6.45) is 0.677. The molecule has 0 bridgehead atoms. The van der Waals surface area contributed by atoms with Crippen LogP contribution in [0.3, 0.4) is 0 Å². The highest BCUT2D eigenvalue weighted by atomic mass is 28.4. The Bertz CT molecular complexity index is 314. The Morgan fingerprint density at radius 1 is 1.19 bits per heavy atom. The van der Waals surface area contributed by atoms with E-state index in [1.807, 2.05) is 0 Å². The zero-order chi connectivity index (χ0) is 16.3. The van der Waals surface area contributed by atoms with Crippen molar-refractivity contribution in [3.63, 3.8) is 0 Å². The van der Waals surface area contributed by atoms with E-state index in [-0.39, 0.29) is 13.2 Å². The molecule has 0 amide bonds. The average Bonchev–Trinajstić information content (AvgIpc) is 2.47. The molecule has 0 radical (unpaired) electrons. The molecule has 0 saturated carbocycles. The number of carbonyl (C=O) groups is 2. The minimum atomic E-state index is -2.60. The molecule has 0 spiro atoms. The minimum absolute atomic E-state index is 0.0235. The van der Waals surface area contributed by atoms with E-state index < -0.39 is 26.7 Å². The van der Waals surface area contributed by atoms with E-state index in [9.17, 15) is 9.59 Å². The average molecular weight is 323 g/mol. The van der Waals surface area contributed by atoms with Crippen molar-refractivity contribution in [2.24, 2.45) is 5.92 Å². The van der Waals surface area contributed by atoms with Crippen LogP contribution in [0.1, 0.15) is 13.3 Å². The van der Waals surface area contributed by atoms with Crippen LogP contribution in [0.5, 0.6) is 0 Å². The van der Waals surface area contributed by atoms with Crippen molar-refractivity contribution in [2.45, 2.75) is 19.4 Å². The fourth-order valence-corrected chi connectivity index (χ4v) is 3.47. The first-order chi connectivity index (χ1) is 9.96. The number of ether oxygens (including phenoxy) is 1. The minimum Gasteiger partial charge on any atom is -0.481 e. The van der Waals surface area contributed by atoms with Gasteiger partial charge in [-0.05, 0) is 19.9 Å². The Morgan fingerprint density at radius 2 is 1.76 bits per heavy atom. The summed E-state index contributed by atoms with van der Waals surface area (Å²) in [5.41, 5.74) is 0. The van der Waals surface area contributed by atoms with Gasteiger partial charge in [0, 0.05) is 33.9 Å².